The van der Waals surface area contributed by atoms with Crippen LogP contribution in [-0.4, -0.2) is 13.6 Å². The summed E-state index contributed by atoms with van der Waals surface area (Å²) in [4.78, 5) is 1.99. The SMILES string of the molecule is Cc1cccc(CCN(C)c2cc(F)ccc2N)c1. The summed E-state index contributed by atoms with van der Waals surface area (Å²) in [6.07, 6.45) is 0.911. The predicted octanol–water partition coefficient (Wildman–Crippen LogP) is 3.40. The fourth-order valence-electron chi connectivity index (χ4n) is 2.13. The number of rotatable bonds is 4. The topological polar surface area (TPSA) is 29.3 Å². The van der Waals surface area contributed by atoms with Crippen molar-refractivity contribution in [1.82, 2.24) is 0 Å². The second-order valence-electron chi connectivity index (χ2n) is 4.86. The van der Waals surface area contributed by atoms with Crippen LogP contribution >= 0.6 is 0 Å². The first-order valence-electron chi connectivity index (χ1n) is 6.38. The van der Waals surface area contributed by atoms with Crippen molar-refractivity contribution in [3.63, 3.8) is 0 Å². The van der Waals surface area contributed by atoms with Crippen molar-refractivity contribution in [3.8, 4) is 0 Å². The highest BCUT2D eigenvalue weighted by molar-refractivity contribution is 5.67. The van der Waals surface area contributed by atoms with Gasteiger partial charge in [-0.1, -0.05) is 29.8 Å². The summed E-state index contributed by atoms with van der Waals surface area (Å²) < 4.78 is 13.2. The van der Waals surface area contributed by atoms with Crippen molar-refractivity contribution < 1.29 is 4.39 Å². The summed E-state index contributed by atoms with van der Waals surface area (Å²) in [5, 5.41) is 0. The highest BCUT2D eigenvalue weighted by atomic mass is 19.1. The normalized spacial score (nSPS) is 10.5. The minimum absolute atomic E-state index is 0.258. The Morgan fingerprint density at radius 1 is 1.16 bits per heavy atom. The lowest BCUT2D eigenvalue weighted by Crippen LogP contribution is -2.21. The second kappa shape index (κ2) is 5.74. The summed E-state index contributed by atoms with van der Waals surface area (Å²) in [7, 11) is 1.93. The van der Waals surface area contributed by atoms with Gasteiger partial charge in [-0.3, -0.25) is 0 Å². The highest BCUT2D eigenvalue weighted by Crippen LogP contribution is 2.23. The molecule has 0 saturated heterocycles. The van der Waals surface area contributed by atoms with Gasteiger partial charge in [0.05, 0.1) is 11.4 Å². The number of hydrogen-bond donors (Lipinski definition) is 1. The molecule has 0 aliphatic carbocycles. The number of nitrogen functional groups attached to an aromatic ring is 1. The Hall–Kier alpha value is -2.03. The Kier molecular flexibility index (Phi) is 4.05. The molecule has 3 heteroatoms. The van der Waals surface area contributed by atoms with Gasteiger partial charge in [-0.2, -0.15) is 0 Å². The maximum atomic E-state index is 13.2. The average molecular weight is 258 g/mol. The van der Waals surface area contributed by atoms with E-state index in [-0.39, 0.29) is 5.82 Å². The molecular formula is C16H19FN2. The Labute approximate surface area is 113 Å². The lowest BCUT2D eigenvalue weighted by Gasteiger charge is -2.21. The zero-order valence-corrected chi connectivity index (χ0v) is 11.4. The molecule has 0 saturated carbocycles. The number of aryl methyl sites for hydroxylation is 1. The quantitative estimate of drug-likeness (QED) is 0.852. The van der Waals surface area contributed by atoms with Gasteiger partial charge in [0.1, 0.15) is 5.82 Å². The van der Waals surface area contributed by atoms with Gasteiger partial charge in [0.15, 0.2) is 0 Å². The van der Waals surface area contributed by atoms with E-state index >= 15 is 0 Å². The van der Waals surface area contributed by atoms with E-state index in [9.17, 15) is 4.39 Å². The largest absolute Gasteiger partial charge is 0.397 e. The van der Waals surface area contributed by atoms with E-state index in [4.69, 9.17) is 5.73 Å². The molecule has 0 aliphatic rings. The number of halogens is 1. The van der Waals surface area contributed by atoms with Crippen LogP contribution in [0, 0.1) is 12.7 Å². The number of hydrogen-bond acceptors (Lipinski definition) is 2. The molecule has 0 radical (unpaired) electrons. The molecule has 0 fully saturated rings. The van der Waals surface area contributed by atoms with Gasteiger partial charge < -0.3 is 10.6 Å². The smallest absolute Gasteiger partial charge is 0.125 e. The number of nitrogens with two attached hydrogens (primary N) is 1. The third-order valence-corrected chi connectivity index (χ3v) is 3.22. The Bertz CT molecular complexity index is 566. The summed E-state index contributed by atoms with van der Waals surface area (Å²) in [5.41, 5.74) is 9.76. The van der Waals surface area contributed by atoms with Crippen molar-refractivity contribution in [3.05, 3.63) is 59.4 Å². The molecule has 19 heavy (non-hydrogen) atoms. The van der Waals surface area contributed by atoms with Crippen molar-refractivity contribution >= 4 is 11.4 Å². The molecular weight excluding hydrogens is 239 g/mol. The van der Waals surface area contributed by atoms with Gasteiger partial charge in [0, 0.05) is 13.6 Å². The molecule has 0 aliphatic heterocycles. The van der Waals surface area contributed by atoms with E-state index < -0.39 is 0 Å². The van der Waals surface area contributed by atoms with Crippen molar-refractivity contribution in [2.45, 2.75) is 13.3 Å². The van der Waals surface area contributed by atoms with E-state index in [0.29, 0.717) is 5.69 Å². The second-order valence-corrected chi connectivity index (χ2v) is 4.86. The van der Waals surface area contributed by atoms with Gasteiger partial charge in [-0.25, -0.2) is 4.39 Å². The van der Waals surface area contributed by atoms with Crippen molar-refractivity contribution in [2.24, 2.45) is 0 Å². The standard InChI is InChI=1S/C16H19FN2/c1-12-4-3-5-13(10-12)8-9-19(2)16-11-14(17)6-7-15(16)18/h3-7,10-11H,8-9,18H2,1-2H3. The molecule has 0 atom stereocenters. The Morgan fingerprint density at radius 3 is 2.68 bits per heavy atom. The number of anilines is 2. The Morgan fingerprint density at radius 2 is 1.95 bits per heavy atom. The van der Waals surface area contributed by atoms with Crippen LogP contribution in [0.4, 0.5) is 15.8 Å². The molecule has 0 heterocycles. The number of benzene rings is 2. The molecule has 100 valence electrons. The Balaban J connectivity index is 2.05. The summed E-state index contributed by atoms with van der Waals surface area (Å²) >= 11 is 0. The third kappa shape index (κ3) is 3.47. The van der Waals surface area contributed by atoms with Crippen molar-refractivity contribution in [2.75, 3.05) is 24.2 Å². The molecule has 2 rings (SSSR count). The molecule has 0 aromatic heterocycles. The van der Waals surface area contributed by atoms with Gasteiger partial charge in [0.2, 0.25) is 0 Å². The molecule has 0 bridgehead atoms. The first-order chi connectivity index (χ1) is 9.06. The molecule has 2 N–H and O–H groups in total. The lowest BCUT2D eigenvalue weighted by molar-refractivity contribution is 0.627. The van der Waals surface area contributed by atoms with E-state index in [1.807, 2.05) is 11.9 Å². The minimum atomic E-state index is -0.258. The number of likely N-dealkylation sites (N-methyl/N-ethyl adjacent to an activating group) is 1. The van der Waals surface area contributed by atoms with E-state index in [0.717, 1.165) is 18.7 Å². The summed E-state index contributed by atoms with van der Waals surface area (Å²) in [6.45, 7) is 2.88. The van der Waals surface area contributed by atoms with Crippen LogP contribution < -0.4 is 10.6 Å². The highest BCUT2D eigenvalue weighted by Gasteiger charge is 2.07. The van der Waals surface area contributed by atoms with E-state index in [1.165, 1.54) is 23.3 Å². The van der Waals surface area contributed by atoms with E-state index in [1.54, 1.807) is 6.07 Å². The molecule has 0 unspecified atom stereocenters. The van der Waals surface area contributed by atoms with E-state index in [2.05, 4.69) is 31.2 Å². The fourth-order valence-corrected chi connectivity index (χ4v) is 2.13. The minimum Gasteiger partial charge on any atom is -0.397 e. The van der Waals surface area contributed by atoms with Crippen molar-refractivity contribution in [1.29, 1.82) is 0 Å². The van der Waals surface area contributed by atoms with Crippen LogP contribution in [0.1, 0.15) is 11.1 Å². The first kappa shape index (κ1) is 13.4. The third-order valence-electron chi connectivity index (χ3n) is 3.22. The maximum Gasteiger partial charge on any atom is 0.125 e. The lowest BCUT2D eigenvalue weighted by atomic mass is 10.1. The van der Waals surface area contributed by atoms with Gasteiger partial charge >= 0.3 is 0 Å². The predicted molar refractivity (Wildman–Crippen MR) is 79.0 cm³/mol. The summed E-state index contributed by atoms with van der Waals surface area (Å²) in [6, 6.07) is 12.9. The van der Waals surface area contributed by atoms with Crippen LogP contribution in [0.5, 0.6) is 0 Å². The maximum absolute atomic E-state index is 13.2. The van der Waals surface area contributed by atoms with Gasteiger partial charge in [-0.05, 0) is 37.1 Å². The number of nitrogens with zero attached hydrogens (tertiary/aromatic N) is 1. The monoisotopic (exact) mass is 258 g/mol. The van der Waals surface area contributed by atoms with Crippen LogP contribution in [0.25, 0.3) is 0 Å². The molecule has 2 aromatic rings. The fraction of sp³-hybridized carbons (Fsp3) is 0.250. The summed E-state index contributed by atoms with van der Waals surface area (Å²) in [5.74, 6) is -0.258. The molecule has 0 spiro atoms. The molecule has 2 aromatic carbocycles. The van der Waals surface area contributed by atoms with Crippen LogP contribution in [0.2, 0.25) is 0 Å². The van der Waals surface area contributed by atoms with Crippen LogP contribution in [-0.2, 0) is 6.42 Å². The van der Waals surface area contributed by atoms with Crippen LogP contribution in [0.15, 0.2) is 42.5 Å². The van der Waals surface area contributed by atoms with Gasteiger partial charge in [0.25, 0.3) is 0 Å². The zero-order chi connectivity index (χ0) is 13.8. The molecule has 0 amide bonds. The van der Waals surface area contributed by atoms with Gasteiger partial charge in [-0.15, -0.1) is 0 Å². The zero-order valence-electron chi connectivity index (χ0n) is 11.4. The average Bonchev–Trinajstić information content (AvgIpc) is 2.39. The van der Waals surface area contributed by atoms with Crippen LogP contribution in [0.3, 0.4) is 0 Å². The first-order valence-corrected chi connectivity index (χ1v) is 6.38. The molecule has 2 nitrogen and oxygen atoms in total.